The lowest BCUT2D eigenvalue weighted by Gasteiger charge is -1.92. The maximum absolute atomic E-state index is 11.0. The van der Waals surface area contributed by atoms with Crippen molar-refractivity contribution in [2.45, 2.75) is 13.3 Å². The third-order valence-corrected chi connectivity index (χ3v) is 4.17. The molecule has 5 heteroatoms. The molecule has 0 aromatic carbocycles. The van der Waals surface area contributed by atoms with Crippen LogP contribution in [0.15, 0.2) is 17.5 Å². The molecule has 3 nitrogen and oxygen atoms in total. The highest BCUT2D eigenvalue weighted by molar-refractivity contribution is 7.21. The van der Waals surface area contributed by atoms with Gasteiger partial charge in [0.05, 0.1) is 9.88 Å². The number of aryl methyl sites for hydroxylation is 1. The average molecular weight is 239 g/mol. The lowest BCUT2D eigenvalue weighted by atomic mass is 10.3. The quantitative estimate of drug-likeness (QED) is 0.895. The fourth-order valence-electron chi connectivity index (χ4n) is 1.24. The van der Waals surface area contributed by atoms with Gasteiger partial charge in [0.25, 0.3) is 0 Å². The minimum atomic E-state index is -0.950. The SMILES string of the molecule is CCc1nc(C(=O)O)c(-c2cccs2)s1. The van der Waals surface area contributed by atoms with E-state index in [4.69, 9.17) is 5.11 Å². The van der Waals surface area contributed by atoms with Crippen LogP contribution in [0, 0.1) is 0 Å². The first kappa shape index (κ1) is 10.3. The van der Waals surface area contributed by atoms with E-state index in [0.29, 0.717) is 0 Å². The minimum absolute atomic E-state index is 0.180. The van der Waals surface area contributed by atoms with E-state index in [0.717, 1.165) is 21.2 Å². The smallest absolute Gasteiger partial charge is 0.356 e. The Morgan fingerprint density at radius 3 is 2.93 bits per heavy atom. The summed E-state index contributed by atoms with van der Waals surface area (Å²) >= 11 is 3.00. The molecule has 1 N–H and O–H groups in total. The molecule has 78 valence electrons. The molecule has 2 heterocycles. The Morgan fingerprint density at radius 1 is 1.60 bits per heavy atom. The number of nitrogens with zero attached hydrogens (tertiary/aromatic N) is 1. The molecule has 2 rings (SSSR count). The molecular formula is C10H9NO2S2. The van der Waals surface area contributed by atoms with Crippen molar-refractivity contribution in [3.8, 4) is 9.75 Å². The Bertz CT molecular complexity index is 474. The number of carboxylic acids is 1. The summed E-state index contributed by atoms with van der Waals surface area (Å²) in [6, 6.07) is 3.83. The Hall–Kier alpha value is -1.20. The van der Waals surface area contributed by atoms with E-state index in [1.54, 1.807) is 0 Å². The number of hydrogen-bond donors (Lipinski definition) is 1. The summed E-state index contributed by atoms with van der Waals surface area (Å²) in [7, 11) is 0. The fraction of sp³-hybridized carbons (Fsp3) is 0.200. The maximum Gasteiger partial charge on any atom is 0.356 e. The van der Waals surface area contributed by atoms with E-state index < -0.39 is 5.97 Å². The van der Waals surface area contributed by atoms with Gasteiger partial charge < -0.3 is 5.11 Å². The van der Waals surface area contributed by atoms with Gasteiger partial charge in [0.15, 0.2) is 5.69 Å². The number of carbonyl (C=O) groups is 1. The van der Waals surface area contributed by atoms with E-state index in [1.165, 1.54) is 22.7 Å². The lowest BCUT2D eigenvalue weighted by molar-refractivity contribution is 0.0692. The average Bonchev–Trinajstić information content (AvgIpc) is 2.86. The van der Waals surface area contributed by atoms with Gasteiger partial charge in [-0.3, -0.25) is 0 Å². The first-order valence-corrected chi connectivity index (χ1v) is 6.19. The highest BCUT2D eigenvalue weighted by atomic mass is 32.1. The zero-order valence-corrected chi connectivity index (χ0v) is 9.69. The number of rotatable bonds is 3. The molecule has 0 atom stereocenters. The standard InChI is InChI=1S/C10H9NO2S2/c1-2-7-11-8(10(12)13)9(15-7)6-4-3-5-14-6/h3-5H,2H2,1H3,(H,12,13). The molecule has 15 heavy (non-hydrogen) atoms. The van der Waals surface area contributed by atoms with E-state index >= 15 is 0 Å². The summed E-state index contributed by atoms with van der Waals surface area (Å²) in [4.78, 5) is 16.9. The van der Waals surface area contributed by atoms with Crippen molar-refractivity contribution in [3.05, 3.63) is 28.2 Å². The Kier molecular flexibility index (Phi) is 2.83. The summed E-state index contributed by atoms with van der Waals surface area (Å²) in [5.41, 5.74) is 0.180. The summed E-state index contributed by atoms with van der Waals surface area (Å²) in [5, 5.41) is 11.8. The van der Waals surface area contributed by atoms with Crippen molar-refractivity contribution in [1.82, 2.24) is 4.98 Å². The third-order valence-electron chi connectivity index (χ3n) is 1.92. The van der Waals surface area contributed by atoms with Crippen molar-refractivity contribution < 1.29 is 9.90 Å². The van der Waals surface area contributed by atoms with Gasteiger partial charge in [0.2, 0.25) is 0 Å². The highest BCUT2D eigenvalue weighted by Crippen LogP contribution is 2.33. The summed E-state index contributed by atoms with van der Waals surface area (Å²) in [5.74, 6) is -0.950. The van der Waals surface area contributed by atoms with Gasteiger partial charge in [-0.05, 0) is 17.9 Å². The van der Waals surface area contributed by atoms with Gasteiger partial charge in [-0.2, -0.15) is 0 Å². The Labute approximate surface area is 95.0 Å². The first-order chi connectivity index (χ1) is 7.22. The van der Waals surface area contributed by atoms with Gasteiger partial charge in [0, 0.05) is 4.88 Å². The van der Waals surface area contributed by atoms with E-state index in [2.05, 4.69) is 4.98 Å². The molecule has 0 saturated carbocycles. The number of aromatic nitrogens is 1. The first-order valence-electron chi connectivity index (χ1n) is 4.49. The minimum Gasteiger partial charge on any atom is -0.476 e. The maximum atomic E-state index is 11.0. The van der Waals surface area contributed by atoms with Crippen LogP contribution in [-0.2, 0) is 6.42 Å². The fourth-order valence-corrected chi connectivity index (χ4v) is 3.08. The lowest BCUT2D eigenvalue weighted by Crippen LogP contribution is -1.98. The van der Waals surface area contributed by atoms with Crippen molar-refractivity contribution in [1.29, 1.82) is 0 Å². The Balaban J connectivity index is 2.54. The molecule has 0 aliphatic heterocycles. The number of thiazole rings is 1. The molecule has 0 aliphatic rings. The Morgan fingerprint density at radius 2 is 2.40 bits per heavy atom. The van der Waals surface area contributed by atoms with Crippen LogP contribution in [0.25, 0.3) is 9.75 Å². The topological polar surface area (TPSA) is 50.2 Å². The van der Waals surface area contributed by atoms with Crippen molar-refractivity contribution >= 4 is 28.6 Å². The molecule has 0 fully saturated rings. The van der Waals surface area contributed by atoms with Crippen LogP contribution in [0.2, 0.25) is 0 Å². The van der Waals surface area contributed by atoms with Gasteiger partial charge >= 0.3 is 5.97 Å². The van der Waals surface area contributed by atoms with Crippen LogP contribution in [0.1, 0.15) is 22.4 Å². The van der Waals surface area contributed by atoms with Crippen molar-refractivity contribution in [2.75, 3.05) is 0 Å². The second-order valence-electron chi connectivity index (χ2n) is 2.92. The molecule has 2 aromatic heterocycles. The molecular weight excluding hydrogens is 230 g/mol. The summed E-state index contributed by atoms with van der Waals surface area (Å²) in [6.07, 6.45) is 0.774. The van der Waals surface area contributed by atoms with Crippen LogP contribution in [-0.4, -0.2) is 16.1 Å². The molecule has 0 radical (unpaired) electrons. The van der Waals surface area contributed by atoms with Crippen LogP contribution < -0.4 is 0 Å². The second kappa shape index (κ2) is 4.12. The van der Waals surface area contributed by atoms with Crippen LogP contribution >= 0.6 is 22.7 Å². The monoisotopic (exact) mass is 239 g/mol. The zero-order chi connectivity index (χ0) is 10.8. The highest BCUT2D eigenvalue weighted by Gasteiger charge is 2.18. The van der Waals surface area contributed by atoms with E-state index in [-0.39, 0.29) is 5.69 Å². The van der Waals surface area contributed by atoms with E-state index in [1.807, 2.05) is 24.4 Å². The van der Waals surface area contributed by atoms with Crippen molar-refractivity contribution in [2.24, 2.45) is 0 Å². The van der Waals surface area contributed by atoms with Gasteiger partial charge in [-0.15, -0.1) is 22.7 Å². The predicted molar refractivity (Wildman–Crippen MR) is 61.8 cm³/mol. The number of carboxylic acid groups (broad SMARTS) is 1. The van der Waals surface area contributed by atoms with Crippen LogP contribution in [0.3, 0.4) is 0 Å². The van der Waals surface area contributed by atoms with Gasteiger partial charge in [-0.25, -0.2) is 9.78 Å². The van der Waals surface area contributed by atoms with Gasteiger partial charge in [-0.1, -0.05) is 13.0 Å². The number of aromatic carboxylic acids is 1. The molecule has 0 bridgehead atoms. The molecule has 0 amide bonds. The third kappa shape index (κ3) is 1.93. The van der Waals surface area contributed by atoms with Crippen LogP contribution in [0.5, 0.6) is 0 Å². The van der Waals surface area contributed by atoms with Crippen molar-refractivity contribution in [3.63, 3.8) is 0 Å². The van der Waals surface area contributed by atoms with Gasteiger partial charge in [0.1, 0.15) is 0 Å². The zero-order valence-electron chi connectivity index (χ0n) is 8.06. The normalized spacial score (nSPS) is 10.5. The molecule has 2 aromatic rings. The molecule has 0 saturated heterocycles. The number of thiophene rings is 1. The molecule has 0 unspecified atom stereocenters. The predicted octanol–water partition coefficient (Wildman–Crippen LogP) is 3.13. The molecule has 0 spiro atoms. The summed E-state index contributed by atoms with van der Waals surface area (Å²) < 4.78 is 0. The second-order valence-corrected chi connectivity index (χ2v) is 4.95. The van der Waals surface area contributed by atoms with Crippen LogP contribution in [0.4, 0.5) is 0 Å². The number of hydrogen-bond acceptors (Lipinski definition) is 4. The summed E-state index contributed by atoms with van der Waals surface area (Å²) in [6.45, 7) is 1.97. The largest absolute Gasteiger partial charge is 0.476 e. The molecule has 0 aliphatic carbocycles. The van der Waals surface area contributed by atoms with E-state index in [9.17, 15) is 4.79 Å².